The van der Waals surface area contributed by atoms with Crippen molar-refractivity contribution in [3.63, 3.8) is 0 Å². The lowest BCUT2D eigenvalue weighted by Crippen LogP contribution is -2.45. The van der Waals surface area contributed by atoms with Crippen LogP contribution in [-0.2, 0) is 14.8 Å². The molecule has 35 heavy (non-hydrogen) atoms. The van der Waals surface area contributed by atoms with Crippen LogP contribution in [0.1, 0.15) is 6.92 Å². The topological polar surface area (TPSA) is 94.2 Å². The van der Waals surface area contributed by atoms with Crippen LogP contribution in [0.3, 0.4) is 0 Å². The molecule has 4 rings (SSSR count). The van der Waals surface area contributed by atoms with E-state index in [-0.39, 0.29) is 18.0 Å². The minimum Gasteiger partial charge on any atom is -0.494 e. The molecule has 0 aliphatic carbocycles. The first-order valence-corrected chi connectivity index (χ1v) is 12.8. The Hall–Kier alpha value is -3.43. The molecule has 10 heteroatoms. The van der Waals surface area contributed by atoms with Crippen LogP contribution in [0.4, 0.5) is 5.69 Å². The molecule has 0 unspecified atom stereocenters. The van der Waals surface area contributed by atoms with Gasteiger partial charge in [-0.15, -0.1) is 0 Å². The smallest absolute Gasteiger partial charge is 0.264 e. The van der Waals surface area contributed by atoms with Crippen molar-refractivity contribution in [2.45, 2.75) is 17.9 Å². The van der Waals surface area contributed by atoms with E-state index >= 15 is 0 Å². The Labute approximate surface area is 209 Å². The first-order valence-electron chi connectivity index (χ1n) is 11.0. The number of ether oxygens (including phenoxy) is 3. The van der Waals surface area contributed by atoms with E-state index in [2.05, 4.69) is 5.32 Å². The zero-order chi connectivity index (χ0) is 24.8. The molecule has 0 saturated heterocycles. The maximum absolute atomic E-state index is 13.5. The van der Waals surface area contributed by atoms with Crippen molar-refractivity contribution in [1.29, 1.82) is 0 Å². The normalized spacial score (nSPS) is 14.7. The summed E-state index contributed by atoms with van der Waals surface area (Å²) in [6, 6.07) is 19.6. The summed E-state index contributed by atoms with van der Waals surface area (Å²) in [6.45, 7) is 2.33. The van der Waals surface area contributed by atoms with E-state index in [4.69, 9.17) is 25.8 Å². The van der Waals surface area contributed by atoms with Gasteiger partial charge in [-0.2, -0.15) is 0 Å². The lowest BCUT2D eigenvalue weighted by molar-refractivity contribution is -0.120. The lowest BCUT2D eigenvalue weighted by atomic mass is 10.2. The monoisotopic (exact) mass is 516 g/mol. The van der Waals surface area contributed by atoms with Crippen LogP contribution in [0.25, 0.3) is 0 Å². The number of nitrogens with zero attached hydrogens (tertiary/aromatic N) is 1. The summed E-state index contributed by atoms with van der Waals surface area (Å²) in [7, 11) is -4.06. The Morgan fingerprint density at radius 2 is 1.74 bits per heavy atom. The molecule has 1 atom stereocenters. The highest BCUT2D eigenvalue weighted by molar-refractivity contribution is 7.92. The van der Waals surface area contributed by atoms with Gasteiger partial charge in [0.05, 0.1) is 23.7 Å². The molecule has 8 nitrogen and oxygen atoms in total. The van der Waals surface area contributed by atoms with Gasteiger partial charge < -0.3 is 19.5 Å². The predicted octanol–water partition coefficient (Wildman–Crippen LogP) is 3.89. The Kier molecular flexibility index (Phi) is 7.67. The number of halogens is 1. The Morgan fingerprint density at radius 1 is 1.06 bits per heavy atom. The third-order valence-electron chi connectivity index (χ3n) is 5.22. The number of nitrogens with one attached hydrogen (secondary N) is 1. The first-order chi connectivity index (χ1) is 16.9. The van der Waals surface area contributed by atoms with Gasteiger partial charge in [0.25, 0.3) is 10.0 Å². The summed E-state index contributed by atoms with van der Waals surface area (Å²) in [6.07, 6.45) is -0.402. The number of fused-ring (bicyclic) bond motifs is 1. The molecule has 0 bridgehead atoms. The van der Waals surface area contributed by atoms with E-state index in [9.17, 15) is 13.2 Å². The molecule has 3 aromatic rings. The number of carbonyl (C=O) groups excluding carboxylic acids is 1. The summed E-state index contributed by atoms with van der Waals surface area (Å²) in [5.41, 5.74) is 0.324. The minimum atomic E-state index is -4.06. The van der Waals surface area contributed by atoms with Crippen LogP contribution >= 0.6 is 11.6 Å². The van der Waals surface area contributed by atoms with Crippen molar-refractivity contribution >= 4 is 33.2 Å². The van der Waals surface area contributed by atoms with Crippen molar-refractivity contribution in [3.05, 3.63) is 77.8 Å². The second-order valence-corrected chi connectivity index (χ2v) is 9.99. The standard InChI is InChI=1S/C25H25ClN2O6S/c1-2-32-20-11-9-19(10-12-20)28(35(30,31)22-13-7-18(26)8-14-22)16-25(29)27-15-21-17-33-23-5-3-4-6-24(23)34-21/h3-14,21H,2,15-17H2,1H3,(H,27,29)/t21-/m0/s1. The van der Waals surface area contributed by atoms with Gasteiger partial charge in [-0.3, -0.25) is 9.10 Å². The van der Waals surface area contributed by atoms with E-state index in [0.717, 1.165) is 4.31 Å². The Bertz CT molecular complexity index is 1270. The SMILES string of the molecule is CCOc1ccc(N(CC(=O)NC[C@H]2COc3ccccc3O2)S(=O)(=O)c2ccc(Cl)cc2)cc1. The van der Waals surface area contributed by atoms with Crippen molar-refractivity contribution < 1.29 is 27.4 Å². The molecular formula is C25H25ClN2O6S. The average molecular weight is 517 g/mol. The fourth-order valence-electron chi connectivity index (χ4n) is 3.50. The molecule has 0 spiro atoms. The highest BCUT2D eigenvalue weighted by Crippen LogP contribution is 2.31. The fraction of sp³-hybridized carbons (Fsp3) is 0.240. The van der Waals surface area contributed by atoms with E-state index in [1.165, 1.54) is 24.3 Å². The van der Waals surface area contributed by atoms with Gasteiger partial charge in [0, 0.05) is 5.02 Å². The summed E-state index contributed by atoms with van der Waals surface area (Å²) >= 11 is 5.93. The van der Waals surface area contributed by atoms with E-state index in [1.807, 2.05) is 19.1 Å². The highest BCUT2D eigenvalue weighted by Gasteiger charge is 2.28. The average Bonchev–Trinajstić information content (AvgIpc) is 2.87. The predicted molar refractivity (Wildman–Crippen MR) is 133 cm³/mol. The van der Waals surface area contributed by atoms with Crippen LogP contribution in [0.5, 0.6) is 17.2 Å². The van der Waals surface area contributed by atoms with Crippen LogP contribution in [0.2, 0.25) is 5.02 Å². The Morgan fingerprint density at radius 3 is 2.43 bits per heavy atom. The molecule has 0 fully saturated rings. The summed E-state index contributed by atoms with van der Waals surface area (Å²) in [5.74, 6) is 1.35. The van der Waals surface area contributed by atoms with Crippen molar-refractivity contribution in [3.8, 4) is 17.2 Å². The summed E-state index contributed by atoms with van der Waals surface area (Å²) < 4.78 is 44.9. The first kappa shape index (κ1) is 24.7. The third-order valence-corrected chi connectivity index (χ3v) is 7.26. The van der Waals surface area contributed by atoms with Crippen molar-refractivity contribution in [2.24, 2.45) is 0 Å². The molecule has 1 aliphatic rings. The van der Waals surface area contributed by atoms with E-state index in [0.29, 0.717) is 34.6 Å². The minimum absolute atomic E-state index is 0.0178. The van der Waals surface area contributed by atoms with Gasteiger partial charge in [-0.25, -0.2) is 8.42 Å². The van der Waals surface area contributed by atoms with Gasteiger partial charge >= 0.3 is 0 Å². The van der Waals surface area contributed by atoms with Gasteiger partial charge in [0.15, 0.2) is 11.5 Å². The molecule has 1 heterocycles. The van der Waals surface area contributed by atoms with Gasteiger partial charge in [-0.1, -0.05) is 23.7 Å². The molecule has 1 aliphatic heterocycles. The molecule has 0 aromatic heterocycles. The molecule has 1 amide bonds. The number of benzene rings is 3. The van der Waals surface area contributed by atoms with Crippen LogP contribution in [0.15, 0.2) is 77.7 Å². The van der Waals surface area contributed by atoms with Gasteiger partial charge in [-0.05, 0) is 67.6 Å². The highest BCUT2D eigenvalue weighted by atomic mass is 35.5. The molecule has 3 aromatic carbocycles. The molecule has 1 N–H and O–H groups in total. The number of rotatable bonds is 9. The van der Waals surface area contributed by atoms with E-state index in [1.54, 1.807) is 36.4 Å². The Balaban J connectivity index is 1.50. The summed E-state index contributed by atoms with van der Waals surface area (Å²) in [4.78, 5) is 12.9. The molecule has 184 valence electrons. The third kappa shape index (κ3) is 5.98. The quantitative estimate of drug-likeness (QED) is 0.464. The number of para-hydroxylation sites is 2. The van der Waals surface area contributed by atoms with Crippen molar-refractivity contribution in [2.75, 3.05) is 30.6 Å². The van der Waals surface area contributed by atoms with Gasteiger partial charge in [0.1, 0.15) is 25.0 Å². The zero-order valence-corrected chi connectivity index (χ0v) is 20.6. The van der Waals surface area contributed by atoms with Crippen LogP contribution < -0.4 is 23.8 Å². The second-order valence-electron chi connectivity index (χ2n) is 7.69. The number of carbonyl (C=O) groups is 1. The summed E-state index contributed by atoms with van der Waals surface area (Å²) in [5, 5.41) is 3.16. The maximum atomic E-state index is 13.5. The van der Waals surface area contributed by atoms with Crippen molar-refractivity contribution in [1.82, 2.24) is 5.32 Å². The number of hydrogen-bond donors (Lipinski definition) is 1. The fourth-order valence-corrected chi connectivity index (χ4v) is 5.05. The number of anilines is 1. The maximum Gasteiger partial charge on any atom is 0.264 e. The van der Waals surface area contributed by atoms with Crippen LogP contribution in [0, 0.1) is 0 Å². The molecule has 0 saturated carbocycles. The lowest BCUT2D eigenvalue weighted by Gasteiger charge is -2.27. The van der Waals surface area contributed by atoms with E-state index < -0.39 is 28.6 Å². The van der Waals surface area contributed by atoms with Gasteiger partial charge in [0.2, 0.25) is 5.91 Å². The molecular weight excluding hydrogens is 492 g/mol. The second kappa shape index (κ2) is 10.9. The number of amides is 1. The number of sulfonamides is 1. The van der Waals surface area contributed by atoms with Crippen LogP contribution in [-0.4, -0.2) is 46.7 Å². The zero-order valence-electron chi connectivity index (χ0n) is 19.0. The largest absolute Gasteiger partial charge is 0.494 e. The number of hydrogen-bond acceptors (Lipinski definition) is 6. The molecule has 0 radical (unpaired) electrons.